The zero-order chi connectivity index (χ0) is 20.4. The molecule has 2 aromatic heterocycles. The molecule has 7 heteroatoms. The third kappa shape index (κ3) is 3.90. The SMILES string of the molecule is CC(C)OC(=O)c1c(N2CCCCCC2)oc(C=C2C=Nc3ncccc32)c1O. The Hall–Kier alpha value is -3.09. The monoisotopic (exact) mass is 395 g/mol. The number of anilines is 1. The molecule has 7 nitrogen and oxygen atoms in total. The Bertz CT molecular complexity index is 966. The Morgan fingerprint density at radius 2 is 2.03 bits per heavy atom. The summed E-state index contributed by atoms with van der Waals surface area (Å²) in [5, 5.41) is 10.9. The molecule has 0 radical (unpaired) electrons. The standard InChI is InChI=1S/C22H25N3O4/c1-14(2)28-22(27)18-19(26)17(29-21(18)25-10-5-3-4-6-11-25)12-15-13-24-20-16(15)8-7-9-23-20/h7-9,12-14,26H,3-6,10-11H2,1-2H3. The minimum absolute atomic E-state index is 0.0915. The summed E-state index contributed by atoms with van der Waals surface area (Å²) in [4.78, 5) is 23.3. The number of pyridine rings is 1. The second-order valence-electron chi connectivity index (χ2n) is 7.58. The van der Waals surface area contributed by atoms with E-state index in [0.717, 1.165) is 49.9 Å². The van der Waals surface area contributed by atoms with Crippen LogP contribution in [0.4, 0.5) is 11.7 Å². The molecule has 1 fully saturated rings. The van der Waals surface area contributed by atoms with Gasteiger partial charge in [0.15, 0.2) is 22.9 Å². The van der Waals surface area contributed by atoms with Crippen LogP contribution in [0.5, 0.6) is 5.75 Å². The van der Waals surface area contributed by atoms with Gasteiger partial charge in [0.25, 0.3) is 0 Å². The lowest BCUT2D eigenvalue weighted by Gasteiger charge is -2.20. The van der Waals surface area contributed by atoms with Gasteiger partial charge < -0.3 is 19.2 Å². The van der Waals surface area contributed by atoms with Gasteiger partial charge in [0.1, 0.15) is 0 Å². The van der Waals surface area contributed by atoms with Gasteiger partial charge in [-0.1, -0.05) is 12.8 Å². The van der Waals surface area contributed by atoms with E-state index in [4.69, 9.17) is 9.15 Å². The van der Waals surface area contributed by atoms with Crippen LogP contribution in [0, 0.1) is 0 Å². The van der Waals surface area contributed by atoms with Crippen molar-refractivity contribution in [2.24, 2.45) is 4.99 Å². The fourth-order valence-electron chi connectivity index (χ4n) is 3.66. The molecule has 0 amide bonds. The van der Waals surface area contributed by atoms with E-state index in [-0.39, 0.29) is 23.2 Å². The Balaban J connectivity index is 1.76. The van der Waals surface area contributed by atoms with Crippen molar-refractivity contribution in [3.05, 3.63) is 35.2 Å². The fourth-order valence-corrected chi connectivity index (χ4v) is 3.66. The van der Waals surface area contributed by atoms with Gasteiger partial charge in [-0.3, -0.25) is 0 Å². The number of aromatic nitrogens is 1. The summed E-state index contributed by atoms with van der Waals surface area (Å²) in [5.74, 6) is 0.443. The molecule has 2 aromatic rings. The number of nitrogens with zero attached hydrogens (tertiary/aromatic N) is 3. The van der Waals surface area contributed by atoms with Crippen molar-refractivity contribution in [3.8, 4) is 5.75 Å². The average Bonchev–Trinajstić information content (AvgIpc) is 3.11. The molecular weight excluding hydrogens is 370 g/mol. The smallest absolute Gasteiger partial charge is 0.347 e. The molecule has 0 bridgehead atoms. The molecule has 0 aromatic carbocycles. The number of fused-ring (bicyclic) bond motifs is 1. The minimum atomic E-state index is -0.577. The van der Waals surface area contributed by atoms with Crippen molar-refractivity contribution in [3.63, 3.8) is 0 Å². The van der Waals surface area contributed by atoms with Crippen molar-refractivity contribution in [2.45, 2.75) is 45.6 Å². The first kappa shape index (κ1) is 19.2. The topological polar surface area (TPSA) is 88.2 Å². The normalized spacial score (nSPS) is 17.6. The molecule has 4 heterocycles. The van der Waals surface area contributed by atoms with Crippen LogP contribution in [0.15, 0.2) is 27.7 Å². The fraction of sp³-hybridized carbons (Fsp3) is 0.409. The lowest BCUT2D eigenvalue weighted by molar-refractivity contribution is 0.0375. The molecule has 0 aliphatic carbocycles. The van der Waals surface area contributed by atoms with Crippen LogP contribution < -0.4 is 4.90 Å². The van der Waals surface area contributed by atoms with Gasteiger partial charge in [0.05, 0.1) is 6.10 Å². The van der Waals surface area contributed by atoms with Crippen LogP contribution in [0.3, 0.4) is 0 Å². The van der Waals surface area contributed by atoms with E-state index in [1.807, 2.05) is 17.0 Å². The van der Waals surface area contributed by atoms with E-state index >= 15 is 0 Å². The van der Waals surface area contributed by atoms with Gasteiger partial charge in [-0.05, 0) is 44.9 Å². The first-order valence-corrected chi connectivity index (χ1v) is 10.1. The molecule has 1 N–H and O–H groups in total. The highest BCUT2D eigenvalue weighted by atomic mass is 16.5. The van der Waals surface area contributed by atoms with Crippen molar-refractivity contribution >= 4 is 35.5 Å². The molecule has 1 saturated heterocycles. The summed E-state index contributed by atoms with van der Waals surface area (Å²) in [7, 11) is 0. The number of carbonyl (C=O) groups excluding carboxylic acids is 1. The highest BCUT2D eigenvalue weighted by molar-refractivity contribution is 6.21. The van der Waals surface area contributed by atoms with E-state index in [0.29, 0.717) is 11.7 Å². The maximum atomic E-state index is 12.7. The minimum Gasteiger partial charge on any atom is -0.504 e. The van der Waals surface area contributed by atoms with Crippen molar-refractivity contribution in [1.82, 2.24) is 4.98 Å². The summed E-state index contributed by atoms with van der Waals surface area (Å²) in [6.07, 6.45) is 9.08. The second-order valence-corrected chi connectivity index (χ2v) is 7.58. The summed E-state index contributed by atoms with van der Waals surface area (Å²) in [5.41, 5.74) is 1.71. The largest absolute Gasteiger partial charge is 0.504 e. The molecule has 4 rings (SSSR count). The zero-order valence-corrected chi connectivity index (χ0v) is 16.7. The number of allylic oxidation sites excluding steroid dienone is 1. The number of carbonyl (C=O) groups is 1. The Kier molecular flexibility index (Phi) is 5.38. The summed E-state index contributed by atoms with van der Waals surface area (Å²) in [6, 6.07) is 3.74. The number of rotatable bonds is 4. The second kappa shape index (κ2) is 8.11. The quantitative estimate of drug-likeness (QED) is 0.762. The lowest BCUT2D eigenvalue weighted by atomic mass is 10.1. The number of esters is 1. The maximum absolute atomic E-state index is 12.7. The molecular formula is C22H25N3O4. The molecule has 0 saturated carbocycles. The number of hydrogen-bond donors (Lipinski definition) is 1. The molecule has 2 aliphatic heterocycles. The Morgan fingerprint density at radius 3 is 2.76 bits per heavy atom. The number of hydrogen-bond acceptors (Lipinski definition) is 7. The van der Waals surface area contributed by atoms with Gasteiger partial charge in [-0.2, -0.15) is 0 Å². The molecule has 0 atom stereocenters. The number of ether oxygens (including phenoxy) is 1. The van der Waals surface area contributed by atoms with Crippen LogP contribution in [-0.2, 0) is 4.74 Å². The van der Waals surface area contributed by atoms with Gasteiger partial charge >= 0.3 is 5.97 Å². The van der Waals surface area contributed by atoms with Crippen LogP contribution in [0.2, 0.25) is 0 Å². The number of aliphatic imine (C=N–C) groups is 1. The number of aromatic hydroxyl groups is 1. The number of furan rings is 1. The van der Waals surface area contributed by atoms with E-state index < -0.39 is 5.97 Å². The van der Waals surface area contributed by atoms with Crippen LogP contribution in [0.25, 0.3) is 11.6 Å². The van der Waals surface area contributed by atoms with Crippen molar-refractivity contribution in [2.75, 3.05) is 18.0 Å². The third-order valence-corrected chi connectivity index (χ3v) is 5.04. The lowest BCUT2D eigenvalue weighted by Crippen LogP contribution is -2.25. The van der Waals surface area contributed by atoms with Gasteiger partial charge in [0.2, 0.25) is 5.88 Å². The van der Waals surface area contributed by atoms with E-state index in [2.05, 4.69) is 9.98 Å². The Morgan fingerprint density at radius 1 is 1.28 bits per heavy atom. The Labute approximate surface area is 169 Å². The zero-order valence-electron chi connectivity index (χ0n) is 16.7. The van der Waals surface area contributed by atoms with Crippen LogP contribution in [0.1, 0.15) is 61.2 Å². The summed E-state index contributed by atoms with van der Waals surface area (Å²) < 4.78 is 11.4. The molecule has 0 spiro atoms. The van der Waals surface area contributed by atoms with Gasteiger partial charge in [0, 0.05) is 36.6 Å². The molecule has 29 heavy (non-hydrogen) atoms. The van der Waals surface area contributed by atoms with Crippen LogP contribution >= 0.6 is 0 Å². The first-order chi connectivity index (χ1) is 14.0. The molecule has 0 unspecified atom stereocenters. The van der Waals surface area contributed by atoms with Crippen molar-refractivity contribution < 1.29 is 19.1 Å². The highest BCUT2D eigenvalue weighted by Gasteiger charge is 2.31. The third-order valence-electron chi connectivity index (χ3n) is 5.04. The summed E-state index contributed by atoms with van der Waals surface area (Å²) >= 11 is 0. The van der Waals surface area contributed by atoms with Gasteiger partial charge in [-0.25, -0.2) is 14.8 Å². The highest BCUT2D eigenvalue weighted by Crippen LogP contribution is 2.40. The molecule has 152 valence electrons. The average molecular weight is 395 g/mol. The van der Waals surface area contributed by atoms with Crippen LogP contribution in [-0.4, -0.2) is 41.5 Å². The van der Waals surface area contributed by atoms with E-state index in [9.17, 15) is 9.90 Å². The van der Waals surface area contributed by atoms with E-state index in [1.165, 1.54) is 0 Å². The summed E-state index contributed by atoms with van der Waals surface area (Å²) in [6.45, 7) is 5.11. The first-order valence-electron chi connectivity index (χ1n) is 10.1. The maximum Gasteiger partial charge on any atom is 0.347 e. The van der Waals surface area contributed by atoms with Gasteiger partial charge in [-0.15, -0.1) is 0 Å². The predicted octanol–water partition coefficient (Wildman–Crippen LogP) is 4.58. The molecule has 2 aliphatic rings. The van der Waals surface area contributed by atoms with E-state index in [1.54, 1.807) is 32.3 Å². The van der Waals surface area contributed by atoms with Crippen molar-refractivity contribution in [1.29, 1.82) is 0 Å². The predicted molar refractivity (Wildman–Crippen MR) is 112 cm³/mol.